The highest BCUT2D eigenvalue weighted by Crippen LogP contribution is 2.26. The number of rotatable bonds is 3. The highest BCUT2D eigenvalue weighted by Gasteiger charge is 2.18. The number of aromatic nitrogens is 1. The van der Waals surface area contributed by atoms with Crippen LogP contribution in [0, 0.1) is 22.7 Å². The van der Waals surface area contributed by atoms with Crippen LogP contribution in [0.5, 0.6) is 0 Å². The van der Waals surface area contributed by atoms with Crippen LogP contribution in [0.4, 0.5) is 8.78 Å². The van der Waals surface area contributed by atoms with E-state index in [1.807, 2.05) is 0 Å². The van der Waals surface area contributed by atoms with Crippen LogP contribution in [0.2, 0.25) is 0 Å². The Morgan fingerprint density at radius 3 is 2.56 bits per heavy atom. The van der Waals surface area contributed by atoms with Crippen molar-refractivity contribution < 1.29 is 8.78 Å². The number of halogens is 3. The van der Waals surface area contributed by atoms with Gasteiger partial charge in [0.2, 0.25) is 0 Å². The van der Waals surface area contributed by atoms with Gasteiger partial charge in [-0.15, -0.1) is 11.6 Å². The first-order valence-corrected chi connectivity index (χ1v) is 4.81. The Balaban J connectivity index is 3.43. The van der Waals surface area contributed by atoms with Gasteiger partial charge in [-0.2, -0.15) is 10.5 Å². The Morgan fingerprint density at radius 2 is 2.12 bits per heavy atom. The second kappa shape index (κ2) is 5.39. The highest BCUT2D eigenvalue weighted by molar-refractivity contribution is 6.16. The van der Waals surface area contributed by atoms with Crippen LogP contribution in [0.3, 0.4) is 0 Å². The highest BCUT2D eigenvalue weighted by atomic mass is 35.5. The largest absolute Gasteiger partial charge is 0.264 e. The average molecular weight is 242 g/mol. The van der Waals surface area contributed by atoms with Crippen LogP contribution in [0.1, 0.15) is 28.9 Å². The van der Waals surface area contributed by atoms with Gasteiger partial charge in [-0.05, 0) is 6.07 Å². The Kier molecular flexibility index (Phi) is 4.16. The van der Waals surface area contributed by atoms with Crippen molar-refractivity contribution in [1.82, 2.24) is 4.98 Å². The fourth-order valence-electron chi connectivity index (χ4n) is 1.27. The topological polar surface area (TPSA) is 60.5 Å². The zero-order chi connectivity index (χ0) is 12.1. The maximum absolute atomic E-state index is 12.7. The predicted octanol–water partition coefficient (Wildman–Crippen LogP) is 2.70. The predicted molar refractivity (Wildman–Crippen MR) is 52.8 cm³/mol. The summed E-state index contributed by atoms with van der Waals surface area (Å²) in [5.41, 5.74) is -0.317. The molecular weight excluding hydrogens is 236 g/mol. The molecule has 0 bridgehead atoms. The van der Waals surface area contributed by atoms with Gasteiger partial charge in [0, 0.05) is 11.1 Å². The molecule has 0 radical (unpaired) electrons. The number of pyridine rings is 1. The Bertz CT molecular complexity index is 474. The molecule has 0 aliphatic carbocycles. The first-order chi connectivity index (χ1) is 7.63. The molecule has 0 aliphatic heterocycles. The summed E-state index contributed by atoms with van der Waals surface area (Å²) in [4.78, 5) is 3.79. The minimum atomic E-state index is -2.75. The van der Waals surface area contributed by atoms with E-state index < -0.39 is 6.43 Å². The van der Waals surface area contributed by atoms with Crippen LogP contribution >= 0.6 is 11.6 Å². The molecule has 0 amide bonds. The van der Waals surface area contributed by atoms with Crippen LogP contribution in [-0.4, -0.2) is 4.98 Å². The molecule has 1 rings (SSSR count). The molecule has 0 aliphatic rings. The van der Waals surface area contributed by atoms with Crippen molar-refractivity contribution in [1.29, 1.82) is 10.5 Å². The van der Waals surface area contributed by atoms with Crippen molar-refractivity contribution in [2.24, 2.45) is 0 Å². The Labute approximate surface area is 95.9 Å². The van der Waals surface area contributed by atoms with Gasteiger partial charge in [-0.25, -0.2) is 13.8 Å². The Hall–Kier alpha value is -1.72. The van der Waals surface area contributed by atoms with E-state index in [-0.39, 0.29) is 34.8 Å². The summed E-state index contributed by atoms with van der Waals surface area (Å²) < 4.78 is 25.4. The summed E-state index contributed by atoms with van der Waals surface area (Å²) in [6.07, 6.45) is -3.02. The third-order valence-electron chi connectivity index (χ3n) is 1.95. The van der Waals surface area contributed by atoms with E-state index in [9.17, 15) is 8.78 Å². The van der Waals surface area contributed by atoms with E-state index in [0.717, 1.165) is 6.07 Å². The maximum atomic E-state index is 12.7. The normalized spacial score (nSPS) is 9.88. The second-order valence-electron chi connectivity index (χ2n) is 2.91. The molecule has 1 heterocycles. The number of alkyl halides is 3. The molecule has 0 spiro atoms. The number of nitrogens with zero attached hydrogens (tertiary/aromatic N) is 3. The molecule has 0 unspecified atom stereocenters. The molecule has 0 atom stereocenters. The van der Waals surface area contributed by atoms with Gasteiger partial charge in [-0.1, -0.05) is 0 Å². The van der Waals surface area contributed by atoms with Crippen LogP contribution < -0.4 is 0 Å². The molecule has 0 saturated carbocycles. The molecule has 0 fully saturated rings. The molecular formula is C10H6ClF2N3. The zero-order valence-electron chi connectivity index (χ0n) is 8.04. The average Bonchev–Trinajstić information content (AvgIpc) is 2.29. The molecule has 1 aromatic heterocycles. The lowest BCUT2D eigenvalue weighted by Crippen LogP contribution is -2.03. The summed E-state index contributed by atoms with van der Waals surface area (Å²) >= 11 is 5.48. The summed E-state index contributed by atoms with van der Waals surface area (Å²) in [5, 5.41) is 17.3. The van der Waals surface area contributed by atoms with E-state index in [1.165, 1.54) is 0 Å². The quantitative estimate of drug-likeness (QED) is 0.765. The monoisotopic (exact) mass is 241 g/mol. The van der Waals surface area contributed by atoms with E-state index in [4.69, 9.17) is 22.1 Å². The minimum Gasteiger partial charge on any atom is -0.241 e. The van der Waals surface area contributed by atoms with Crippen molar-refractivity contribution >= 4 is 11.6 Å². The van der Waals surface area contributed by atoms with Crippen molar-refractivity contribution in [2.45, 2.75) is 18.7 Å². The summed E-state index contributed by atoms with van der Waals surface area (Å²) in [7, 11) is 0. The summed E-state index contributed by atoms with van der Waals surface area (Å²) in [5.74, 6) is -0.0543. The molecule has 0 saturated heterocycles. The molecule has 0 aromatic carbocycles. The number of hydrogen-bond donors (Lipinski definition) is 0. The van der Waals surface area contributed by atoms with Crippen LogP contribution in [-0.2, 0) is 12.3 Å². The smallest absolute Gasteiger partial charge is 0.241 e. The van der Waals surface area contributed by atoms with Crippen molar-refractivity contribution in [2.75, 3.05) is 0 Å². The molecule has 1 aromatic rings. The molecule has 3 nitrogen and oxygen atoms in total. The van der Waals surface area contributed by atoms with Crippen LogP contribution in [0.15, 0.2) is 6.07 Å². The molecule has 82 valence electrons. The van der Waals surface area contributed by atoms with Gasteiger partial charge in [0.25, 0.3) is 6.43 Å². The summed E-state index contributed by atoms with van der Waals surface area (Å²) in [6, 6.07) is 4.56. The Morgan fingerprint density at radius 1 is 1.44 bits per heavy atom. The lowest BCUT2D eigenvalue weighted by Gasteiger charge is -2.09. The summed E-state index contributed by atoms with van der Waals surface area (Å²) in [6.45, 7) is 0. The molecule has 6 heteroatoms. The van der Waals surface area contributed by atoms with Crippen molar-refractivity contribution in [3.05, 3.63) is 28.6 Å². The van der Waals surface area contributed by atoms with E-state index in [1.54, 1.807) is 12.1 Å². The number of hydrogen-bond acceptors (Lipinski definition) is 3. The third kappa shape index (κ3) is 2.44. The zero-order valence-corrected chi connectivity index (χ0v) is 8.80. The van der Waals surface area contributed by atoms with Gasteiger partial charge < -0.3 is 0 Å². The van der Waals surface area contributed by atoms with Gasteiger partial charge in [-0.3, -0.25) is 0 Å². The first kappa shape index (κ1) is 12.4. The van der Waals surface area contributed by atoms with Crippen LogP contribution in [0.25, 0.3) is 0 Å². The van der Waals surface area contributed by atoms with Gasteiger partial charge in [0.1, 0.15) is 11.8 Å². The molecule has 16 heavy (non-hydrogen) atoms. The minimum absolute atomic E-state index is 0.0196. The van der Waals surface area contributed by atoms with E-state index >= 15 is 0 Å². The van der Waals surface area contributed by atoms with Crippen molar-refractivity contribution in [3.8, 4) is 12.1 Å². The fourth-order valence-corrected chi connectivity index (χ4v) is 1.40. The lowest BCUT2D eigenvalue weighted by atomic mass is 10.0. The SMILES string of the molecule is N#CCc1c(C(F)F)cc(CCl)nc1C#N. The second-order valence-corrected chi connectivity index (χ2v) is 3.18. The molecule has 0 N–H and O–H groups in total. The van der Waals surface area contributed by atoms with E-state index in [0.29, 0.717) is 0 Å². The van der Waals surface area contributed by atoms with Gasteiger partial charge in [0.05, 0.1) is 24.1 Å². The van der Waals surface area contributed by atoms with E-state index in [2.05, 4.69) is 4.98 Å². The first-order valence-electron chi connectivity index (χ1n) is 4.27. The third-order valence-corrected chi connectivity index (χ3v) is 2.22. The number of nitriles is 2. The van der Waals surface area contributed by atoms with Crippen molar-refractivity contribution in [3.63, 3.8) is 0 Å². The standard InChI is InChI=1S/C10H6ClF2N3/c11-4-6-3-8(10(12)13)7(1-2-14)9(5-15)16-6/h3,10H,1,4H2. The van der Waals surface area contributed by atoms with Gasteiger partial charge >= 0.3 is 0 Å². The van der Waals surface area contributed by atoms with Gasteiger partial charge in [0.15, 0.2) is 0 Å². The fraction of sp³-hybridized carbons (Fsp3) is 0.300. The lowest BCUT2D eigenvalue weighted by molar-refractivity contribution is 0.150. The maximum Gasteiger partial charge on any atom is 0.264 e.